The van der Waals surface area contributed by atoms with Crippen LogP contribution in [0, 0.1) is 6.92 Å². The van der Waals surface area contributed by atoms with Gasteiger partial charge in [0.1, 0.15) is 11.2 Å². The van der Waals surface area contributed by atoms with E-state index in [1.54, 1.807) is 13.8 Å². The number of carbonyl (C=O) groups is 1. The van der Waals surface area contributed by atoms with Gasteiger partial charge in [-0.15, -0.1) is 0 Å². The van der Waals surface area contributed by atoms with Crippen molar-refractivity contribution in [1.29, 1.82) is 0 Å². The fourth-order valence-corrected chi connectivity index (χ4v) is 2.12. The topological polar surface area (TPSA) is 55.1 Å². The Morgan fingerprint density at radius 2 is 2.06 bits per heavy atom. The fourth-order valence-electron chi connectivity index (χ4n) is 2.12. The number of carboxylic acids is 1. The maximum atomic E-state index is 11.3. The Labute approximate surface area is 99.9 Å². The first kappa shape index (κ1) is 11.6. The zero-order chi connectivity index (χ0) is 12.8. The molecule has 1 N–H and O–H groups in total. The van der Waals surface area contributed by atoms with E-state index in [9.17, 15) is 9.90 Å². The van der Waals surface area contributed by atoms with Gasteiger partial charge >= 0.3 is 5.97 Å². The van der Waals surface area contributed by atoms with Crippen LogP contribution in [-0.2, 0) is 17.3 Å². The Bertz CT molecular complexity index is 597. The van der Waals surface area contributed by atoms with Gasteiger partial charge in [0.2, 0.25) is 0 Å². The van der Waals surface area contributed by atoms with E-state index in [-0.39, 0.29) is 0 Å². The number of aliphatic carboxylic acids is 1. The van der Waals surface area contributed by atoms with Crippen LogP contribution in [0.5, 0.6) is 0 Å². The Morgan fingerprint density at radius 3 is 2.59 bits per heavy atom. The van der Waals surface area contributed by atoms with Gasteiger partial charge in [0.15, 0.2) is 0 Å². The summed E-state index contributed by atoms with van der Waals surface area (Å²) in [5.41, 5.74) is 1.96. The smallest absolute Gasteiger partial charge is 0.316 e. The van der Waals surface area contributed by atoms with Crippen LogP contribution in [0.2, 0.25) is 0 Å². The summed E-state index contributed by atoms with van der Waals surface area (Å²) in [5.74, 6) is -0.289. The molecule has 0 radical (unpaired) electrons. The number of fused-ring (bicyclic) bond motifs is 1. The number of hydrogen-bond donors (Lipinski definition) is 1. The number of hydrogen-bond acceptors (Lipinski definition) is 2. The fraction of sp³-hybridized carbons (Fsp3) is 0.385. The average molecular weight is 232 g/mol. The Morgan fingerprint density at radius 1 is 1.41 bits per heavy atom. The van der Waals surface area contributed by atoms with Crippen molar-refractivity contribution in [2.24, 2.45) is 7.05 Å². The number of rotatable bonds is 2. The molecule has 0 aliphatic rings. The lowest BCUT2D eigenvalue weighted by Gasteiger charge is -2.18. The molecular weight excluding hydrogens is 216 g/mol. The van der Waals surface area contributed by atoms with Crippen molar-refractivity contribution in [2.45, 2.75) is 26.2 Å². The molecule has 0 unspecified atom stereocenters. The zero-order valence-electron chi connectivity index (χ0n) is 10.5. The third-order valence-corrected chi connectivity index (χ3v) is 3.19. The molecular formula is C13H16N2O2. The highest BCUT2D eigenvalue weighted by Crippen LogP contribution is 2.27. The molecule has 0 spiro atoms. The van der Waals surface area contributed by atoms with Crippen LogP contribution in [0.15, 0.2) is 18.2 Å². The number of imidazole rings is 1. The van der Waals surface area contributed by atoms with E-state index in [1.807, 2.05) is 36.7 Å². The van der Waals surface area contributed by atoms with Crippen LogP contribution in [0.4, 0.5) is 0 Å². The van der Waals surface area contributed by atoms with Gasteiger partial charge in [-0.25, -0.2) is 4.98 Å². The van der Waals surface area contributed by atoms with E-state index >= 15 is 0 Å². The first-order chi connectivity index (χ1) is 7.85. The van der Waals surface area contributed by atoms with Crippen molar-refractivity contribution in [1.82, 2.24) is 9.55 Å². The average Bonchev–Trinajstić information content (AvgIpc) is 2.57. The highest BCUT2D eigenvalue weighted by Gasteiger charge is 2.34. The second-order valence-electron chi connectivity index (χ2n) is 4.87. The van der Waals surface area contributed by atoms with Crippen LogP contribution in [-0.4, -0.2) is 20.6 Å². The molecule has 4 heteroatoms. The minimum atomic E-state index is -0.986. The number of aromatic nitrogens is 2. The largest absolute Gasteiger partial charge is 0.481 e. The molecule has 0 aliphatic carbocycles. The van der Waals surface area contributed by atoms with Gasteiger partial charge in [-0.05, 0) is 32.4 Å². The van der Waals surface area contributed by atoms with Gasteiger partial charge in [-0.1, -0.05) is 12.1 Å². The van der Waals surface area contributed by atoms with Crippen LogP contribution >= 0.6 is 0 Å². The van der Waals surface area contributed by atoms with Crippen LogP contribution in [0.25, 0.3) is 11.0 Å². The number of benzene rings is 1. The third kappa shape index (κ3) is 1.60. The Hall–Kier alpha value is -1.84. The minimum Gasteiger partial charge on any atom is -0.481 e. The molecule has 0 amide bonds. The molecule has 2 aromatic rings. The summed E-state index contributed by atoms with van der Waals surface area (Å²) in [5, 5.41) is 9.26. The van der Waals surface area contributed by atoms with E-state index < -0.39 is 11.4 Å². The Balaban J connectivity index is 2.77. The van der Waals surface area contributed by atoms with E-state index in [0.717, 1.165) is 16.6 Å². The molecule has 0 bridgehead atoms. The molecule has 0 saturated heterocycles. The molecule has 1 aromatic heterocycles. The van der Waals surface area contributed by atoms with E-state index in [1.165, 1.54) is 0 Å². The summed E-state index contributed by atoms with van der Waals surface area (Å²) in [6.45, 7) is 5.35. The highest BCUT2D eigenvalue weighted by molar-refractivity contribution is 5.84. The number of carboxylic acid groups (broad SMARTS) is 1. The van der Waals surface area contributed by atoms with Gasteiger partial charge in [-0.3, -0.25) is 4.79 Å². The molecule has 1 heterocycles. The SMILES string of the molecule is Cc1cccc2nc(C(C)(C)C(=O)O)n(C)c12. The van der Waals surface area contributed by atoms with Crippen LogP contribution < -0.4 is 0 Å². The first-order valence-electron chi connectivity index (χ1n) is 5.51. The first-order valence-corrected chi connectivity index (χ1v) is 5.51. The van der Waals surface area contributed by atoms with Crippen molar-refractivity contribution in [3.63, 3.8) is 0 Å². The van der Waals surface area contributed by atoms with Crippen molar-refractivity contribution < 1.29 is 9.90 Å². The summed E-state index contributed by atoms with van der Waals surface area (Å²) in [6, 6.07) is 5.84. The van der Waals surface area contributed by atoms with Crippen molar-refractivity contribution >= 4 is 17.0 Å². The molecule has 0 saturated carbocycles. The number of aryl methyl sites for hydroxylation is 2. The normalized spacial score (nSPS) is 12.0. The summed E-state index contributed by atoms with van der Waals surface area (Å²) >= 11 is 0. The van der Waals surface area contributed by atoms with Crippen molar-refractivity contribution in [3.05, 3.63) is 29.6 Å². The quantitative estimate of drug-likeness (QED) is 0.864. The summed E-state index contributed by atoms with van der Waals surface area (Å²) < 4.78 is 1.87. The van der Waals surface area contributed by atoms with Crippen molar-refractivity contribution in [3.8, 4) is 0 Å². The molecule has 4 nitrogen and oxygen atoms in total. The third-order valence-electron chi connectivity index (χ3n) is 3.19. The molecule has 0 aliphatic heterocycles. The lowest BCUT2D eigenvalue weighted by Crippen LogP contribution is -2.31. The minimum absolute atomic E-state index is 0.578. The van der Waals surface area contributed by atoms with E-state index in [0.29, 0.717) is 5.82 Å². The van der Waals surface area contributed by atoms with Gasteiger partial charge in [0, 0.05) is 7.05 Å². The van der Waals surface area contributed by atoms with Gasteiger partial charge in [0.25, 0.3) is 0 Å². The maximum absolute atomic E-state index is 11.3. The Kier molecular flexibility index (Phi) is 2.45. The lowest BCUT2D eigenvalue weighted by atomic mass is 9.93. The highest BCUT2D eigenvalue weighted by atomic mass is 16.4. The van der Waals surface area contributed by atoms with Gasteiger partial charge in [0.05, 0.1) is 11.0 Å². The molecule has 1 aromatic carbocycles. The van der Waals surface area contributed by atoms with E-state index in [2.05, 4.69) is 4.98 Å². The number of nitrogens with zero attached hydrogens (tertiary/aromatic N) is 2. The van der Waals surface area contributed by atoms with E-state index in [4.69, 9.17) is 0 Å². The molecule has 0 atom stereocenters. The number of para-hydroxylation sites is 1. The second kappa shape index (κ2) is 3.58. The second-order valence-corrected chi connectivity index (χ2v) is 4.87. The monoisotopic (exact) mass is 232 g/mol. The lowest BCUT2D eigenvalue weighted by molar-refractivity contribution is -0.142. The molecule has 90 valence electrons. The van der Waals surface area contributed by atoms with Gasteiger partial charge < -0.3 is 9.67 Å². The van der Waals surface area contributed by atoms with Crippen LogP contribution in [0.1, 0.15) is 25.2 Å². The zero-order valence-corrected chi connectivity index (χ0v) is 10.5. The molecule has 0 fully saturated rings. The summed E-state index contributed by atoms with van der Waals surface area (Å²) in [7, 11) is 1.86. The standard InChI is InChI=1S/C13H16N2O2/c1-8-6-5-7-9-10(8)15(4)11(14-9)13(2,3)12(16)17/h5-7H,1-4H3,(H,16,17). The molecule has 17 heavy (non-hydrogen) atoms. The van der Waals surface area contributed by atoms with Crippen LogP contribution in [0.3, 0.4) is 0 Å². The summed E-state index contributed by atoms with van der Waals surface area (Å²) in [6.07, 6.45) is 0. The molecule has 2 rings (SSSR count). The summed E-state index contributed by atoms with van der Waals surface area (Å²) in [4.78, 5) is 15.7. The maximum Gasteiger partial charge on any atom is 0.316 e. The van der Waals surface area contributed by atoms with Crippen molar-refractivity contribution in [2.75, 3.05) is 0 Å². The predicted molar refractivity (Wildman–Crippen MR) is 66.1 cm³/mol. The predicted octanol–water partition coefficient (Wildman–Crippen LogP) is 2.24. The van der Waals surface area contributed by atoms with Gasteiger partial charge in [-0.2, -0.15) is 0 Å².